The zero-order valence-corrected chi connectivity index (χ0v) is 26.4. The minimum absolute atomic E-state index is 0.00392. The first-order valence-corrected chi connectivity index (χ1v) is 15.5. The van der Waals surface area contributed by atoms with Gasteiger partial charge >= 0.3 is 7.12 Å². The summed E-state index contributed by atoms with van der Waals surface area (Å²) < 4.78 is 13.2. The number of nitrogens with zero attached hydrogens (tertiary/aromatic N) is 2. The number of hydrazine groups is 1. The molecule has 0 aromatic heterocycles. The number of nitrogens with two attached hydrogens (primary N) is 1. The van der Waals surface area contributed by atoms with Crippen LogP contribution in [0, 0.1) is 33.3 Å². The molecule has 1 saturated heterocycles. The van der Waals surface area contributed by atoms with Crippen molar-refractivity contribution in [2.45, 2.75) is 96.8 Å². The van der Waals surface area contributed by atoms with Gasteiger partial charge in [0.25, 0.3) is 5.96 Å². The van der Waals surface area contributed by atoms with Crippen LogP contribution in [0.2, 0.25) is 5.02 Å². The first-order chi connectivity index (χ1) is 20.2. The van der Waals surface area contributed by atoms with Gasteiger partial charge in [0.2, 0.25) is 11.8 Å². The molecule has 1 aromatic rings. The van der Waals surface area contributed by atoms with E-state index >= 15 is 0 Å². The Labute approximate surface area is 258 Å². The van der Waals surface area contributed by atoms with E-state index in [1.807, 2.05) is 0 Å². The highest BCUT2D eigenvalue weighted by Gasteiger charge is 2.68. The van der Waals surface area contributed by atoms with Gasteiger partial charge < -0.3 is 25.7 Å². The number of guanidine groups is 1. The summed E-state index contributed by atoms with van der Waals surface area (Å²) in [6.07, 6.45) is 3.25. The van der Waals surface area contributed by atoms with Crippen LogP contribution in [0.25, 0.3) is 0 Å². The van der Waals surface area contributed by atoms with Gasteiger partial charge in [0, 0.05) is 11.6 Å². The maximum atomic E-state index is 13.8. The van der Waals surface area contributed by atoms with Crippen molar-refractivity contribution in [1.29, 1.82) is 0 Å². The lowest BCUT2D eigenvalue weighted by atomic mass is 9.43. The second-order valence-electron chi connectivity index (χ2n) is 13.2. The highest BCUT2D eigenvalue weighted by atomic mass is 35.5. The molecule has 0 unspecified atom stereocenters. The highest BCUT2D eigenvalue weighted by molar-refractivity contribution is 6.48. The van der Waals surface area contributed by atoms with Crippen LogP contribution in [-0.4, -0.2) is 60.2 Å². The normalized spacial score (nSPS) is 27.1. The Hall–Kier alpha value is -2.90. The molecule has 12 nitrogen and oxygen atoms in total. The molecule has 1 heterocycles. The average Bonchev–Trinajstić information content (AvgIpc) is 3.27. The molecule has 6 atom stereocenters. The molecule has 43 heavy (non-hydrogen) atoms. The second-order valence-corrected chi connectivity index (χ2v) is 13.7. The fourth-order valence-electron chi connectivity index (χ4n) is 7.05. The summed E-state index contributed by atoms with van der Waals surface area (Å²) >= 11 is 6.25. The van der Waals surface area contributed by atoms with Crippen molar-refractivity contribution in [3.05, 3.63) is 45.0 Å². The molecular weight excluding hydrogens is 575 g/mol. The maximum absolute atomic E-state index is 13.8. The Morgan fingerprint density at radius 3 is 2.60 bits per heavy atom. The van der Waals surface area contributed by atoms with Crippen molar-refractivity contribution in [2.24, 2.45) is 33.9 Å². The zero-order valence-electron chi connectivity index (χ0n) is 25.6. The number of amides is 2. The van der Waals surface area contributed by atoms with Crippen molar-refractivity contribution >= 4 is 36.5 Å². The van der Waals surface area contributed by atoms with Crippen LogP contribution in [0.3, 0.4) is 0 Å². The second kappa shape index (κ2) is 13.4. The lowest BCUT2D eigenvalue weighted by molar-refractivity contribution is -0.525. The maximum Gasteiger partial charge on any atom is 0.481 e. The van der Waals surface area contributed by atoms with Crippen molar-refractivity contribution in [3.63, 3.8) is 0 Å². The molecule has 2 bridgehead atoms. The molecule has 1 aliphatic heterocycles. The minimum atomic E-state index is -0.893. The van der Waals surface area contributed by atoms with Crippen LogP contribution in [0.1, 0.15) is 72.3 Å². The first kappa shape index (κ1) is 33.0. The molecule has 5 N–H and O–H groups in total. The fraction of sp³-hybridized carbons (Fsp3) is 0.690. The number of aliphatic imine (C=N–C) groups is 1. The number of nitrogens with one attached hydrogen (secondary N) is 3. The van der Waals surface area contributed by atoms with Gasteiger partial charge in [0.1, 0.15) is 6.04 Å². The predicted molar refractivity (Wildman–Crippen MR) is 164 cm³/mol. The quantitative estimate of drug-likeness (QED) is 0.0653. The predicted octanol–water partition coefficient (Wildman–Crippen LogP) is 3.04. The van der Waals surface area contributed by atoms with Crippen molar-refractivity contribution in [3.8, 4) is 0 Å². The van der Waals surface area contributed by atoms with Crippen LogP contribution in [0.4, 0.5) is 0 Å². The number of hydrogen-bond donors (Lipinski definition) is 4. The summed E-state index contributed by atoms with van der Waals surface area (Å²) in [6, 6.07) is 6.15. The fourth-order valence-corrected chi connectivity index (χ4v) is 7.26. The van der Waals surface area contributed by atoms with E-state index in [-0.39, 0.29) is 54.6 Å². The highest BCUT2D eigenvalue weighted by Crippen LogP contribution is 2.65. The summed E-state index contributed by atoms with van der Waals surface area (Å²) in [5.74, 6) is -0.244. The van der Waals surface area contributed by atoms with Gasteiger partial charge in [-0.1, -0.05) is 62.9 Å². The molecule has 1 aromatic carbocycles. The average molecular weight is 619 g/mol. The number of rotatable bonds is 13. The molecular formula is C29H44BClN6O6. The Morgan fingerprint density at radius 2 is 1.95 bits per heavy atom. The van der Waals surface area contributed by atoms with Gasteiger partial charge in [-0.15, -0.1) is 0 Å². The van der Waals surface area contributed by atoms with Crippen LogP contribution in [-0.2, 0) is 25.3 Å². The molecule has 4 fully saturated rings. The van der Waals surface area contributed by atoms with E-state index in [2.05, 4.69) is 50.2 Å². The Kier molecular flexibility index (Phi) is 10.3. The Balaban J connectivity index is 1.46. The van der Waals surface area contributed by atoms with Crippen molar-refractivity contribution < 1.29 is 23.9 Å². The van der Waals surface area contributed by atoms with Crippen LogP contribution in [0.5, 0.6) is 0 Å². The van der Waals surface area contributed by atoms with Gasteiger partial charge in [0.15, 0.2) is 5.03 Å². The summed E-state index contributed by atoms with van der Waals surface area (Å²) in [4.78, 5) is 41.3. The summed E-state index contributed by atoms with van der Waals surface area (Å²) in [7, 11) is -0.603. The Morgan fingerprint density at radius 1 is 1.23 bits per heavy atom. The summed E-state index contributed by atoms with van der Waals surface area (Å²) in [5.41, 5.74) is 7.72. The monoisotopic (exact) mass is 618 g/mol. The zero-order chi connectivity index (χ0) is 31.5. The van der Waals surface area contributed by atoms with E-state index in [0.29, 0.717) is 35.3 Å². The molecule has 14 heteroatoms. The van der Waals surface area contributed by atoms with Gasteiger partial charge in [-0.2, -0.15) is 0 Å². The third-order valence-electron chi connectivity index (χ3n) is 9.45. The van der Waals surface area contributed by atoms with Crippen LogP contribution >= 0.6 is 11.6 Å². The van der Waals surface area contributed by atoms with Gasteiger partial charge in [-0.3, -0.25) is 9.59 Å². The standard InChI is InChI=1S/C29H44BClN6O6/c1-17(2)13-24(30-42-23-16-19-15-22(28(19,3)4)29(23,5)43-30)35-26(39)21(11-8-12-33-27(32)36-37(40)41)34-25(38)14-18-9-6-7-10-20(18)31/h6-7,9-10,17,19,21-24H,8,11-16H2,1-5H3,(H,34,38)(H,35,39)(H3,32,33,36)/t19-,21-,22-,23+,24-,29-/m0/s1. The first-order valence-electron chi connectivity index (χ1n) is 15.1. The number of carbonyl (C=O) groups is 2. The Bertz CT molecular complexity index is 1230. The van der Waals surface area contributed by atoms with Crippen LogP contribution < -0.4 is 21.8 Å². The van der Waals surface area contributed by atoms with E-state index in [1.165, 1.54) is 0 Å². The minimum Gasteiger partial charge on any atom is -0.404 e. The summed E-state index contributed by atoms with van der Waals surface area (Å²) in [6.45, 7) is 11.0. The molecule has 3 saturated carbocycles. The molecule has 3 aliphatic carbocycles. The molecule has 0 spiro atoms. The van der Waals surface area contributed by atoms with Crippen LogP contribution in [0.15, 0.2) is 29.3 Å². The molecule has 5 rings (SSSR count). The van der Waals surface area contributed by atoms with E-state index in [9.17, 15) is 19.7 Å². The number of hydrogen-bond acceptors (Lipinski definition) is 7. The number of halogens is 1. The van der Waals surface area contributed by atoms with E-state index in [0.717, 1.165) is 12.8 Å². The van der Waals surface area contributed by atoms with Gasteiger partial charge in [0.05, 0.1) is 24.1 Å². The van der Waals surface area contributed by atoms with Crippen molar-refractivity contribution in [2.75, 3.05) is 6.54 Å². The SMILES string of the molecule is CC(C)C[C@H](NC(=O)[C@H](CCCN=C(N)N[N+](=O)[O-])NC(=O)Cc1ccccc1Cl)B1O[C@@H]2C[C@@H]3C[C@@H](C3(C)C)[C@]2(C)O1. The topological polar surface area (TPSA) is 170 Å². The number of nitro groups is 1. The number of benzene rings is 1. The van der Waals surface area contributed by atoms with Gasteiger partial charge in [-0.25, -0.2) is 15.1 Å². The van der Waals surface area contributed by atoms with E-state index < -0.39 is 29.7 Å². The van der Waals surface area contributed by atoms with Gasteiger partial charge in [-0.05, 0) is 73.8 Å². The largest absolute Gasteiger partial charge is 0.481 e. The number of carbonyl (C=O) groups excluding carboxylic acids is 2. The summed E-state index contributed by atoms with van der Waals surface area (Å²) in [5, 5.41) is 16.2. The molecule has 4 aliphatic rings. The lowest BCUT2D eigenvalue weighted by Gasteiger charge is -2.64. The molecule has 236 valence electrons. The van der Waals surface area contributed by atoms with E-state index in [4.69, 9.17) is 26.6 Å². The lowest BCUT2D eigenvalue weighted by Crippen LogP contribution is -2.65. The van der Waals surface area contributed by atoms with Crippen molar-refractivity contribution in [1.82, 2.24) is 16.1 Å². The third-order valence-corrected chi connectivity index (χ3v) is 9.82. The third kappa shape index (κ3) is 7.61. The smallest absolute Gasteiger partial charge is 0.404 e. The molecule has 0 radical (unpaired) electrons. The molecule has 2 amide bonds. The van der Waals surface area contributed by atoms with E-state index in [1.54, 1.807) is 29.7 Å².